The number of imidazole rings is 1. The van der Waals surface area contributed by atoms with Gasteiger partial charge in [0.25, 0.3) is 0 Å². The number of aryl methyl sites for hydroxylation is 2. The quantitative estimate of drug-likeness (QED) is 0.240. The van der Waals surface area contributed by atoms with E-state index in [1.54, 1.807) is 11.3 Å². The van der Waals surface area contributed by atoms with Gasteiger partial charge in [0.1, 0.15) is 16.9 Å². The molecule has 3 N–H and O–H groups in total. The van der Waals surface area contributed by atoms with Gasteiger partial charge in [-0.3, -0.25) is 4.79 Å². The normalized spacial score (nSPS) is 14.6. The van der Waals surface area contributed by atoms with Gasteiger partial charge in [-0.05, 0) is 58.9 Å². The number of unbranched alkanes of at least 4 members (excludes halogenated alkanes) is 1. The Balaban J connectivity index is 1.19. The third-order valence-corrected chi connectivity index (χ3v) is 8.54. The SMILES string of the molecule is CCCCc1nc2c(N)nc3cc(C)sc3c2n1CC1CCN(C(=O)CCOCCOCCNC(=O)OC(C)(C)C)CC1. The van der Waals surface area contributed by atoms with Crippen LogP contribution >= 0.6 is 11.3 Å². The van der Waals surface area contributed by atoms with Crippen LogP contribution in [0.2, 0.25) is 0 Å². The van der Waals surface area contributed by atoms with Gasteiger partial charge in [-0.2, -0.15) is 0 Å². The molecule has 3 aromatic heterocycles. The van der Waals surface area contributed by atoms with Crippen LogP contribution in [0.25, 0.3) is 21.3 Å². The van der Waals surface area contributed by atoms with Crippen molar-refractivity contribution in [1.82, 2.24) is 24.8 Å². The lowest BCUT2D eigenvalue weighted by Crippen LogP contribution is -2.39. The van der Waals surface area contributed by atoms with E-state index in [9.17, 15) is 9.59 Å². The fraction of sp³-hybridized carbons (Fsp3) is 0.677. The first-order valence-electron chi connectivity index (χ1n) is 15.5. The molecule has 0 radical (unpaired) electrons. The summed E-state index contributed by atoms with van der Waals surface area (Å²) < 4.78 is 19.8. The molecule has 1 aliphatic heterocycles. The summed E-state index contributed by atoms with van der Waals surface area (Å²) in [6, 6.07) is 2.10. The highest BCUT2D eigenvalue weighted by molar-refractivity contribution is 7.19. The Hall–Kier alpha value is -2.96. The van der Waals surface area contributed by atoms with Crippen LogP contribution in [-0.4, -0.2) is 83.1 Å². The fourth-order valence-corrected chi connectivity index (χ4v) is 6.37. The number of nitrogens with zero attached hydrogens (tertiary/aromatic N) is 4. The van der Waals surface area contributed by atoms with Gasteiger partial charge in [-0.15, -0.1) is 11.3 Å². The monoisotopic (exact) mass is 616 g/mol. The number of carbonyl (C=O) groups is 2. The molecule has 1 saturated heterocycles. The predicted octanol–water partition coefficient (Wildman–Crippen LogP) is 5.07. The van der Waals surface area contributed by atoms with Gasteiger partial charge in [0, 0.05) is 37.5 Å². The van der Waals surface area contributed by atoms with Crippen molar-refractivity contribution in [2.24, 2.45) is 5.92 Å². The number of alkyl carbamates (subject to hydrolysis) is 1. The zero-order valence-corrected chi connectivity index (χ0v) is 27.2. The number of hydrogen-bond donors (Lipinski definition) is 2. The van der Waals surface area contributed by atoms with E-state index < -0.39 is 11.7 Å². The molecule has 1 fully saturated rings. The van der Waals surface area contributed by atoms with Gasteiger partial charge in [0.2, 0.25) is 5.91 Å². The lowest BCUT2D eigenvalue weighted by atomic mass is 9.96. The minimum Gasteiger partial charge on any atom is -0.444 e. The van der Waals surface area contributed by atoms with Gasteiger partial charge in [-0.25, -0.2) is 14.8 Å². The Morgan fingerprint density at radius 3 is 2.53 bits per heavy atom. The van der Waals surface area contributed by atoms with Gasteiger partial charge in [-0.1, -0.05) is 13.3 Å². The van der Waals surface area contributed by atoms with Crippen molar-refractivity contribution in [3.63, 3.8) is 0 Å². The minimum atomic E-state index is -0.524. The molecule has 0 bridgehead atoms. The Kier molecular flexibility index (Phi) is 11.6. The molecule has 0 spiro atoms. The number of pyridine rings is 1. The maximum Gasteiger partial charge on any atom is 0.407 e. The number of rotatable bonds is 14. The standard InChI is InChI=1S/C31H48N6O5S/c1-6-7-8-24-35-26-27(28-23(34-29(26)32)19-21(2)43-28)37(24)20-22-9-13-36(14-10-22)25(38)11-15-40-17-18-41-16-12-33-30(39)42-31(3,4)5/h19,22H,6-18,20H2,1-5H3,(H2,32,34)(H,33,39). The lowest BCUT2D eigenvalue weighted by molar-refractivity contribution is -0.133. The van der Waals surface area contributed by atoms with E-state index in [0.717, 1.165) is 78.8 Å². The van der Waals surface area contributed by atoms with Gasteiger partial charge >= 0.3 is 6.09 Å². The third kappa shape index (κ3) is 9.26. The molecule has 0 saturated carbocycles. The van der Waals surface area contributed by atoms with Crippen molar-refractivity contribution < 1.29 is 23.8 Å². The first-order valence-corrected chi connectivity index (χ1v) is 16.3. The van der Waals surface area contributed by atoms with Gasteiger partial charge in [0.15, 0.2) is 5.82 Å². The number of anilines is 1. The van der Waals surface area contributed by atoms with E-state index in [1.165, 1.54) is 4.88 Å². The van der Waals surface area contributed by atoms with Crippen molar-refractivity contribution in [2.75, 3.05) is 51.8 Å². The lowest BCUT2D eigenvalue weighted by Gasteiger charge is -2.32. The highest BCUT2D eigenvalue weighted by Crippen LogP contribution is 2.35. The molecule has 1 aliphatic rings. The summed E-state index contributed by atoms with van der Waals surface area (Å²) in [5, 5.41) is 2.65. The first kappa shape index (κ1) is 32.9. The van der Waals surface area contributed by atoms with Crippen LogP contribution in [0.4, 0.5) is 10.6 Å². The Morgan fingerprint density at radius 1 is 1.12 bits per heavy atom. The number of amides is 2. The molecule has 0 aromatic carbocycles. The molecule has 2 amide bonds. The number of nitrogens with one attached hydrogen (secondary N) is 1. The second kappa shape index (κ2) is 15.2. The van der Waals surface area contributed by atoms with Gasteiger partial charge < -0.3 is 34.7 Å². The van der Waals surface area contributed by atoms with Crippen LogP contribution in [0.1, 0.15) is 70.5 Å². The van der Waals surface area contributed by atoms with Crippen LogP contribution in [0.5, 0.6) is 0 Å². The highest BCUT2D eigenvalue weighted by atomic mass is 32.1. The second-order valence-corrected chi connectivity index (χ2v) is 13.5. The van der Waals surface area contributed by atoms with Gasteiger partial charge in [0.05, 0.1) is 48.6 Å². The van der Waals surface area contributed by atoms with E-state index in [2.05, 4.69) is 34.8 Å². The zero-order valence-electron chi connectivity index (χ0n) is 26.4. The number of thiophene rings is 1. The number of fused-ring (bicyclic) bond motifs is 3. The zero-order chi connectivity index (χ0) is 31.0. The third-order valence-electron chi connectivity index (χ3n) is 7.49. The smallest absolute Gasteiger partial charge is 0.407 e. The molecular weight excluding hydrogens is 568 g/mol. The molecule has 4 heterocycles. The topological polar surface area (TPSA) is 134 Å². The maximum absolute atomic E-state index is 12.8. The summed E-state index contributed by atoms with van der Waals surface area (Å²) in [5.74, 6) is 2.18. The maximum atomic E-state index is 12.8. The summed E-state index contributed by atoms with van der Waals surface area (Å²) >= 11 is 1.75. The summed E-state index contributed by atoms with van der Waals surface area (Å²) in [4.78, 5) is 37.2. The van der Waals surface area contributed by atoms with E-state index >= 15 is 0 Å². The first-order chi connectivity index (χ1) is 20.6. The Labute approximate surface area is 258 Å². The Bertz CT molecular complexity index is 1370. The molecule has 0 unspecified atom stereocenters. The molecule has 4 rings (SSSR count). The molecule has 238 valence electrons. The average molecular weight is 617 g/mol. The van der Waals surface area contributed by atoms with Crippen LogP contribution in [0.15, 0.2) is 6.07 Å². The van der Waals surface area contributed by atoms with E-state index in [-0.39, 0.29) is 5.91 Å². The molecule has 12 heteroatoms. The molecule has 3 aromatic rings. The largest absolute Gasteiger partial charge is 0.444 e. The number of hydrogen-bond acceptors (Lipinski definition) is 9. The molecule has 11 nitrogen and oxygen atoms in total. The summed E-state index contributed by atoms with van der Waals surface area (Å²) in [7, 11) is 0. The van der Waals surface area contributed by atoms with E-state index in [0.29, 0.717) is 51.1 Å². The average Bonchev–Trinajstić information content (AvgIpc) is 3.49. The fourth-order valence-electron chi connectivity index (χ4n) is 5.37. The summed E-state index contributed by atoms with van der Waals surface area (Å²) in [6.07, 6.45) is 4.92. The van der Waals surface area contributed by atoms with Crippen molar-refractivity contribution in [3.8, 4) is 0 Å². The van der Waals surface area contributed by atoms with Crippen LogP contribution in [0.3, 0.4) is 0 Å². The van der Waals surface area contributed by atoms with E-state index in [4.69, 9.17) is 24.9 Å². The van der Waals surface area contributed by atoms with Crippen molar-refractivity contribution in [2.45, 2.75) is 85.3 Å². The molecule has 0 atom stereocenters. The number of ether oxygens (including phenoxy) is 3. The van der Waals surface area contributed by atoms with Crippen LogP contribution < -0.4 is 11.1 Å². The Morgan fingerprint density at radius 2 is 1.84 bits per heavy atom. The minimum absolute atomic E-state index is 0.132. The number of aromatic nitrogens is 3. The second-order valence-electron chi connectivity index (χ2n) is 12.2. The van der Waals surface area contributed by atoms with Crippen molar-refractivity contribution in [3.05, 3.63) is 16.8 Å². The molecular formula is C31H48N6O5S. The number of piperidine rings is 1. The van der Waals surface area contributed by atoms with E-state index in [1.807, 2.05) is 25.7 Å². The summed E-state index contributed by atoms with van der Waals surface area (Å²) in [5.41, 5.74) is 8.73. The molecule has 43 heavy (non-hydrogen) atoms. The van der Waals surface area contributed by atoms with Crippen LogP contribution in [0, 0.1) is 12.8 Å². The number of likely N-dealkylation sites (tertiary alicyclic amines) is 1. The predicted molar refractivity (Wildman–Crippen MR) is 170 cm³/mol. The number of nitrogen functional groups attached to an aromatic ring is 1. The van der Waals surface area contributed by atoms with Crippen molar-refractivity contribution >= 4 is 50.4 Å². The van der Waals surface area contributed by atoms with Crippen LogP contribution in [-0.2, 0) is 32.0 Å². The van der Waals surface area contributed by atoms with Crippen molar-refractivity contribution in [1.29, 1.82) is 0 Å². The highest BCUT2D eigenvalue weighted by Gasteiger charge is 2.26. The number of carbonyl (C=O) groups excluding carboxylic acids is 2. The molecule has 0 aliphatic carbocycles. The summed E-state index contributed by atoms with van der Waals surface area (Å²) in [6.45, 7) is 14.0. The number of nitrogens with two attached hydrogens (primary N) is 1.